The third kappa shape index (κ3) is 4.99. The van der Waals surface area contributed by atoms with Crippen LogP contribution in [-0.2, 0) is 5.41 Å². The molecular formula is C31H34N6O3. The van der Waals surface area contributed by atoms with Gasteiger partial charge in [0, 0.05) is 43.3 Å². The van der Waals surface area contributed by atoms with Gasteiger partial charge in [-0.3, -0.25) is 4.79 Å². The summed E-state index contributed by atoms with van der Waals surface area (Å²) in [6, 6.07) is 19.8. The number of amides is 1. The number of carbonyl (C=O) groups is 2. The number of anilines is 2. The van der Waals surface area contributed by atoms with Crippen molar-refractivity contribution in [2.24, 2.45) is 0 Å². The van der Waals surface area contributed by atoms with Crippen LogP contribution in [0.25, 0.3) is 5.65 Å². The van der Waals surface area contributed by atoms with Crippen molar-refractivity contribution in [2.45, 2.75) is 44.6 Å². The summed E-state index contributed by atoms with van der Waals surface area (Å²) in [7, 11) is 0. The van der Waals surface area contributed by atoms with Crippen LogP contribution in [0.2, 0.25) is 0 Å². The fraction of sp³-hybridized carbons (Fsp3) is 0.355. The molecule has 2 aromatic heterocycles. The number of carboxylic acids is 1. The van der Waals surface area contributed by atoms with E-state index in [0.717, 1.165) is 62.4 Å². The van der Waals surface area contributed by atoms with Crippen LogP contribution in [0, 0.1) is 6.92 Å². The van der Waals surface area contributed by atoms with Gasteiger partial charge >= 0.3 is 5.97 Å². The van der Waals surface area contributed by atoms with Crippen LogP contribution in [0.4, 0.5) is 11.4 Å². The number of rotatable bonds is 6. The van der Waals surface area contributed by atoms with Crippen LogP contribution in [0.15, 0.2) is 66.9 Å². The molecule has 1 atom stereocenters. The largest absolute Gasteiger partial charge is 0.478 e. The zero-order valence-corrected chi connectivity index (χ0v) is 22.9. The second-order valence-corrected chi connectivity index (χ2v) is 11.3. The first-order chi connectivity index (χ1) is 19.3. The molecular weight excluding hydrogens is 504 g/mol. The summed E-state index contributed by atoms with van der Waals surface area (Å²) >= 11 is 0. The summed E-state index contributed by atoms with van der Waals surface area (Å²) in [5.74, 6) is -1.03. The molecule has 1 amide bonds. The van der Waals surface area contributed by atoms with Gasteiger partial charge in [0.2, 0.25) is 5.82 Å². The van der Waals surface area contributed by atoms with Crippen molar-refractivity contribution in [3.63, 3.8) is 0 Å². The lowest BCUT2D eigenvalue weighted by Gasteiger charge is -2.33. The minimum Gasteiger partial charge on any atom is -0.478 e. The number of aromatic nitrogens is 3. The fourth-order valence-electron chi connectivity index (χ4n) is 6.03. The highest BCUT2D eigenvalue weighted by atomic mass is 16.4. The minimum atomic E-state index is -0.933. The van der Waals surface area contributed by atoms with Crippen LogP contribution in [0.5, 0.6) is 0 Å². The number of carbonyl (C=O) groups excluding carboxylic acids is 1. The Morgan fingerprint density at radius 1 is 0.975 bits per heavy atom. The van der Waals surface area contributed by atoms with Crippen molar-refractivity contribution < 1.29 is 14.7 Å². The lowest BCUT2D eigenvalue weighted by atomic mass is 9.82. The van der Waals surface area contributed by atoms with Crippen molar-refractivity contribution in [3.8, 4) is 0 Å². The van der Waals surface area contributed by atoms with Gasteiger partial charge in [-0.15, -0.1) is 5.10 Å². The first-order valence-electron chi connectivity index (χ1n) is 13.9. The number of pyridine rings is 1. The Morgan fingerprint density at radius 3 is 2.50 bits per heavy atom. The molecule has 4 aromatic rings. The van der Waals surface area contributed by atoms with Gasteiger partial charge in [0.25, 0.3) is 5.91 Å². The van der Waals surface area contributed by atoms with E-state index in [0.29, 0.717) is 5.65 Å². The molecule has 2 aliphatic rings. The number of aromatic carboxylic acids is 1. The number of fused-ring (bicyclic) bond motifs is 1. The van der Waals surface area contributed by atoms with Crippen LogP contribution < -0.4 is 15.1 Å². The highest BCUT2D eigenvalue weighted by molar-refractivity contribution is 5.91. The minimum absolute atomic E-state index is 0.00920. The van der Waals surface area contributed by atoms with Crippen LogP contribution in [0.3, 0.4) is 0 Å². The molecule has 4 heterocycles. The molecule has 6 rings (SSSR count). The monoisotopic (exact) mass is 538 g/mol. The number of piperidine rings is 1. The van der Waals surface area contributed by atoms with E-state index < -0.39 is 5.97 Å². The molecule has 9 heteroatoms. The van der Waals surface area contributed by atoms with Crippen LogP contribution in [-0.4, -0.2) is 63.8 Å². The molecule has 40 heavy (non-hydrogen) atoms. The van der Waals surface area contributed by atoms with Gasteiger partial charge in [0.15, 0.2) is 5.65 Å². The maximum absolute atomic E-state index is 13.1. The maximum atomic E-state index is 13.1. The molecule has 0 spiro atoms. The van der Waals surface area contributed by atoms with Crippen molar-refractivity contribution in [1.82, 2.24) is 19.9 Å². The number of hydrogen-bond acceptors (Lipinski definition) is 6. The van der Waals surface area contributed by atoms with E-state index >= 15 is 0 Å². The van der Waals surface area contributed by atoms with Gasteiger partial charge in [-0.2, -0.15) is 0 Å². The molecule has 2 saturated heterocycles. The predicted molar refractivity (Wildman–Crippen MR) is 154 cm³/mol. The quantitative estimate of drug-likeness (QED) is 0.377. The van der Waals surface area contributed by atoms with Gasteiger partial charge < -0.3 is 20.2 Å². The second kappa shape index (κ2) is 10.3. The molecule has 2 N–H and O–H groups in total. The number of benzene rings is 2. The zero-order chi connectivity index (χ0) is 27.9. The van der Waals surface area contributed by atoms with Crippen LogP contribution >= 0.6 is 0 Å². The van der Waals surface area contributed by atoms with E-state index in [9.17, 15) is 14.7 Å². The summed E-state index contributed by atoms with van der Waals surface area (Å²) in [5.41, 5.74) is 5.36. The summed E-state index contributed by atoms with van der Waals surface area (Å²) in [5, 5.41) is 16.9. The van der Waals surface area contributed by atoms with E-state index in [1.165, 1.54) is 5.56 Å². The van der Waals surface area contributed by atoms with Crippen LogP contribution in [0.1, 0.15) is 58.3 Å². The molecule has 0 unspecified atom stereocenters. The summed E-state index contributed by atoms with van der Waals surface area (Å²) in [4.78, 5) is 33.5. The van der Waals surface area contributed by atoms with Crippen molar-refractivity contribution in [2.75, 3.05) is 36.0 Å². The SMILES string of the molecule is Cc1cc(N2CC[C@](C)(c3ccccc3)C2)cn2nc(C(=O)NC3CCN(c4cccc(C(=O)O)c4)CC3)nc12. The number of nitrogens with one attached hydrogen (secondary N) is 1. The Labute approximate surface area is 233 Å². The van der Waals surface area contributed by atoms with E-state index in [2.05, 4.69) is 68.5 Å². The number of hydrogen-bond donors (Lipinski definition) is 2. The highest BCUT2D eigenvalue weighted by Crippen LogP contribution is 2.36. The molecule has 0 radical (unpaired) electrons. The zero-order valence-electron chi connectivity index (χ0n) is 22.9. The Kier molecular flexibility index (Phi) is 6.65. The molecule has 0 saturated carbocycles. The van der Waals surface area contributed by atoms with Gasteiger partial charge in [0.1, 0.15) is 0 Å². The Morgan fingerprint density at radius 2 is 1.75 bits per heavy atom. The molecule has 2 aliphatic heterocycles. The lowest BCUT2D eigenvalue weighted by Crippen LogP contribution is -2.45. The maximum Gasteiger partial charge on any atom is 0.335 e. The lowest BCUT2D eigenvalue weighted by molar-refractivity contribution is 0.0696. The molecule has 9 nitrogen and oxygen atoms in total. The number of nitrogens with zero attached hydrogens (tertiary/aromatic N) is 5. The first-order valence-corrected chi connectivity index (χ1v) is 13.9. The van der Waals surface area contributed by atoms with E-state index in [1.807, 2.05) is 19.2 Å². The summed E-state index contributed by atoms with van der Waals surface area (Å²) < 4.78 is 1.73. The van der Waals surface area contributed by atoms with E-state index in [1.54, 1.807) is 22.7 Å². The van der Waals surface area contributed by atoms with Crippen molar-refractivity contribution in [1.29, 1.82) is 0 Å². The summed E-state index contributed by atoms with van der Waals surface area (Å²) in [6.07, 6.45) is 4.57. The third-order valence-corrected chi connectivity index (χ3v) is 8.40. The smallest absolute Gasteiger partial charge is 0.335 e. The molecule has 2 aromatic carbocycles. The average molecular weight is 539 g/mol. The molecule has 206 valence electrons. The topological polar surface area (TPSA) is 103 Å². The predicted octanol–water partition coefficient (Wildman–Crippen LogP) is 4.30. The number of aryl methyl sites for hydroxylation is 1. The van der Waals surface area contributed by atoms with Gasteiger partial charge in [-0.25, -0.2) is 14.3 Å². The van der Waals surface area contributed by atoms with Crippen molar-refractivity contribution in [3.05, 3.63) is 89.4 Å². The Hall–Kier alpha value is -4.40. The molecule has 0 bridgehead atoms. The molecule has 2 fully saturated rings. The summed E-state index contributed by atoms with van der Waals surface area (Å²) in [6.45, 7) is 7.67. The fourth-order valence-corrected chi connectivity index (χ4v) is 6.03. The normalized spacial score (nSPS) is 19.8. The average Bonchev–Trinajstić information content (AvgIpc) is 3.59. The van der Waals surface area contributed by atoms with Gasteiger partial charge in [-0.05, 0) is 61.6 Å². The Balaban J connectivity index is 1.11. The van der Waals surface area contributed by atoms with Crippen molar-refractivity contribution >= 4 is 28.9 Å². The van der Waals surface area contributed by atoms with Gasteiger partial charge in [-0.1, -0.05) is 43.3 Å². The third-order valence-electron chi connectivity index (χ3n) is 8.40. The highest BCUT2D eigenvalue weighted by Gasteiger charge is 2.35. The standard InChI is InChI=1S/C31H34N6O3/c1-21-17-26(36-16-13-31(2,20-36)23-8-4-3-5-9-23)19-37-28(21)33-27(34-37)29(38)32-24-11-14-35(15-12-24)25-10-6-7-22(18-25)30(39)40/h3-10,17-19,24H,11-16,20H2,1-2H3,(H,32,38)(H,39,40)/t31-/m0/s1. The van der Waals surface area contributed by atoms with E-state index in [-0.39, 0.29) is 28.8 Å². The second-order valence-electron chi connectivity index (χ2n) is 11.3. The Bertz CT molecular complexity index is 1560. The first kappa shape index (κ1) is 25.9. The molecule has 0 aliphatic carbocycles. The van der Waals surface area contributed by atoms with Gasteiger partial charge in [0.05, 0.1) is 17.4 Å². The van der Waals surface area contributed by atoms with E-state index in [4.69, 9.17) is 0 Å². The number of carboxylic acid groups (broad SMARTS) is 1.